The van der Waals surface area contributed by atoms with Gasteiger partial charge < -0.3 is 10.4 Å². The molecule has 0 spiro atoms. The van der Waals surface area contributed by atoms with Crippen molar-refractivity contribution in [2.45, 2.75) is 6.17 Å². The molecule has 1 aliphatic rings. The number of aromatic nitrogens is 2. The van der Waals surface area contributed by atoms with Crippen LogP contribution in [0.2, 0.25) is 0 Å². The first-order valence-corrected chi connectivity index (χ1v) is 6.76. The highest BCUT2D eigenvalue weighted by Gasteiger charge is 2.32. The van der Waals surface area contributed by atoms with Gasteiger partial charge >= 0.3 is 0 Å². The van der Waals surface area contributed by atoms with Crippen molar-refractivity contribution >= 4 is 16.8 Å². The van der Waals surface area contributed by atoms with Gasteiger partial charge in [-0.1, -0.05) is 24.3 Å². The predicted molar refractivity (Wildman–Crippen MR) is 79.7 cm³/mol. The minimum Gasteiger partial charge on any atom is -0.508 e. The zero-order valence-electron chi connectivity index (χ0n) is 11.4. The number of hydrogen-bond donors (Lipinski definition) is 2. The van der Waals surface area contributed by atoms with Gasteiger partial charge in [-0.3, -0.25) is 14.2 Å². The minimum atomic E-state index is -0.618. The standard InChI is InChI=1S/C16H11N3O3/c20-10-7-5-9(6-8-10)13-18-15(21)14-17-12-4-2-1-3-11(12)16(22)19(13)14/h1-8,13,20H,(H,18,21). The van der Waals surface area contributed by atoms with Crippen molar-refractivity contribution in [3.05, 3.63) is 70.3 Å². The monoisotopic (exact) mass is 293 g/mol. The predicted octanol–water partition coefficient (Wildman–Crippen LogP) is 1.39. The summed E-state index contributed by atoms with van der Waals surface area (Å²) in [6.07, 6.45) is -0.618. The number of phenols is 1. The van der Waals surface area contributed by atoms with Gasteiger partial charge in [-0.15, -0.1) is 0 Å². The minimum absolute atomic E-state index is 0.0989. The van der Waals surface area contributed by atoms with Gasteiger partial charge in [0, 0.05) is 0 Å². The Balaban J connectivity index is 1.99. The van der Waals surface area contributed by atoms with Crippen LogP contribution in [0.5, 0.6) is 5.75 Å². The summed E-state index contributed by atoms with van der Waals surface area (Å²) < 4.78 is 1.36. The molecule has 2 aromatic carbocycles. The summed E-state index contributed by atoms with van der Waals surface area (Å²) in [6.45, 7) is 0. The van der Waals surface area contributed by atoms with Crippen LogP contribution in [0.1, 0.15) is 22.3 Å². The van der Waals surface area contributed by atoms with Crippen LogP contribution in [-0.2, 0) is 0 Å². The number of fused-ring (bicyclic) bond motifs is 2. The molecule has 3 aromatic rings. The fourth-order valence-corrected chi connectivity index (χ4v) is 2.69. The third-order valence-electron chi connectivity index (χ3n) is 3.75. The number of hydrogen-bond acceptors (Lipinski definition) is 4. The summed E-state index contributed by atoms with van der Waals surface area (Å²) in [5.74, 6) is -0.167. The van der Waals surface area contributed by atoms with Crippen molar-refractivity contribution in [2.75, 3.05) is 0 Å². The second kappa shape index (κ2) is 4.42. The van der Waals surface area contributed by atoms with E-state index in [1.54, 1.807) is 36.4 Å². The summed E-state index contributed by atoms with van der Waals surface area (Å²) in [6, 6.07) is 13.3. The van der Waals surface area contributed by atoms with E-state index in [1.807, 2.05) is 0 Å². The van der Waals surface area contributed by atoms with E-state index in [0.717, 1.165) is 0 Å². The van der Waals surface area contributed by atoms with E-state index >= 15 is 0 Å². The van der Waals surface area contributed by atoms with Gasteiger partial charge in [0.15, 0.2) is 0 Å². The molecule has 2 N–H and O–H groups in total. The normalized spacial score (nSPS) is 16.5. The maximum absolute atomic E-state index is 12.7. The molecule has 1 aromatic heterocycles. The Labute approximate surface area is 124 Å². The van der Waals surface area contributed by atoms with Crippen LogP contribution in [0, 0.1) is 0 Å². The average molecular weight is 293 g/mol. The molecule has 1 amide bonds. The van der Waals surface area contributed by atoms with E-state index in [4.69, 9.17) is 0 Å². The molecule has 22 heavy (non-hydrogen) atoms. The molecule has 0 fully saturated rings. The number of carbonyl (C=O) groups is 1. The van der Waals surface area contributed by atoms with E-state index in [2.05, 4.69) is 10.3 Å². The number of aromatic hydroxyl groups is 1. The van der Waals surface area contributed by atoms with Crippen molar-refractivity contribution in [1.29, 1.82) is 0 Å². The average Bonchev–Trinajstić information content (AvgIpc) is 2.86. The summed E-state index contributed by atoms with van der Waals surface area (Å²) in [5, 5.41) is 12.6. The summed E-state index contributed by atoms with van der Waals surface area (Å²) in [4.78, 5) is 29.1. The smallest absolute Gasteiger partial charge is 0.289 e. The molecule has 0 bridgehead atoms. The molecule has 2 heterocycles. The highest BCUT2D eigenvalue weighted by atomic mass is 16.3. The van der Waals surface area contributed by atoms with E-state index in [9.17, 15) is 14.7 Å². The topological polar surface area (TPSA) is 84.2 Å². The molecule has 0 saturated carbocycles. The third kappa shape index (κ3) is 1.70. The first-order chi connectivity index (χ1) is 10.6. The number of nitrogens with zero attached hydrogens (tertiary/aromatic N) is 2. The van der Waals surface area contributed by atoms with Crippen LogP contribution in [0.4, 0.5) is 0 Å². The van der Waals surface area contributed by atoms with E-state index < -0.39 is 6.17 Å². The number of nitrogens with one attached hydrogen (secondary N) is 1. The molecule has 1 aliphatic heterocycles. The molecule has 6 nitrogen and oxygen atoms in total. The van der Waals surface area contributed by atoms with Gasteiger partial charge in [0.25, 0.3) is 11.5 Å². The Bertz CT molecular complexity index is 961. The SMILES string of the molecule is O=C1NC(c2ccc(O)cc2)n2c1nc1ccccc1c2=O. The van der Waals surface area contributed by atoms with Gasteiger partial charge in [0.2, 0.25) is 5.82 Å². The van der Waals surface area contributed by atoms with Crippen LogP contribution >= 0.6 is 0 Å². The number of benzene rings is 2. The van der Waals surface area contributed by atoms with Crippen molar-refractivity contribution in [3.8, 4) is 5.75 Å². The van der Waals surface area contributed by atoms with E-state index in [-0.39, 0.29) is 23.0 Å². The zero-order chi connectivity index (χ0) is 15.3. The summed E-state index contributed by atoms with van der Waals surface area (Å²) in [7, 11) is 0. The van der Waals surface area contributed by atoms with Crippen LogP contribution in [0.25, 0.3) is 10.9 Å². The molecular formula is C16H11N3O3. The van der Waals surface area contributed by atoms with Gasteiger partial charge in [0.05, 0.1) is 10.9 Å². The van der Waals surface area contributed by atoms with Crippen molar-refractivity contribution in [2.24, 2.45) is 0 Å². The molecule has 0 aliphatic carbocycles. The third-order valence-corrected chi connectivity index (χ3v) is 3.75. The van der Waals surface area contributed by atoms with Crippen LogP contribution in [-0.4, -0.2) is 20.6 Å². The van der Waals surface area contributed by atoms with Crippen LogP contribution in [0.15, 0.2) is 53.3 Å². The molecule has 0 saturated heterocycles. The summed E-state index contributed by atoms with van der Waals surface area (Å²) >= 11 is 0. The van der Waals surface area contributed by atoms with Gasteiger partial charge in [-0.25, -0.2) is 4.98 Å². The number of amides is 1. The maximum Gasteiger partial charge on any atom is 0.289 e. The molecule has 1 unspecified atom stereocenters. The Kier molecular flexibility index (Phi) is 2.53. The Morgan fingerprint density at radius 2 is 1.77 bits per heavy atom. The lowest BCUT2D eigenvalue weighted by atomic mass is 10.1. The Hall–Kier alpha value is -3.15. The maximum atomic E-state index is 12.7. The van der Waals surface area contributed by atoms with Gasteiger partial charge in [-0.05, 0) is 29.8 Å². The van der Waals surface area contributed by atoms with E-state index in [1.165, 1.54) is 16.7 Å². The van der Waals surface area contributed by atoms with Crippen molar-refractivity contribution < 1.29 is 9.90 Å². The number of phenolic OH excluding ortho intramolecular Hbond substituents is 1. The lowest BCUT2D eigenvalue weighted by Crippen LogP contribution is -2.28. The largest absolute Gasteiger partial charge is 0.508 e. The lowest BCUT2D eigenvalue weighted by molar-refractivity contribution is 0.0956. The Morgan fingerprint density at radius 1 is 1.05 bits per heavy atom. The van der Waals surface area contributed by atoms with Crippen LogP contribution in [0.3, 0.4) is 0 Å². The van der Waals surface area contributed by atoms with Crippen molar-refractivity contribution in [1.82, 2.24) is 14.9 Å². The van der Waals surface area contributed by atoms with Gasteiger partial charge in [-0.2, -0.15) is 0 Å². The molecule has 6 heteroatoms. The first-order valence-electron chi connectivity index (χ1n) is 6.76. The fourth-order valence-electron chi connectivity index (χ4n) is 2.69. The number of para-hydroxylation sites is 1. The fraction of sp³-hybridized carbons (Fsp3) is 0.0625. The lowest BCUT2D eigenvalue weighted by Gasteiger charge is -2.14. The quantitative estimate of drug-likeness (QED) is 0.710. The second-order valence-corrected chi connectivity index (χ2v) is 5.10. The molecule has 108 valence electrons. The van der Waals surface area contributed by atoms with E-state index in [0.29, 0.717) is 16.5 Å². The molecule has 0 radical (unpaired) electrons. The zero-order valence-corrected chi connectivity index (χ0v) is 11.4. The highest BCUT2D eigenvalue weighted by Crippen LogP contribution is 2.24. The first kappa shape index (κ1) is 12.6. The Morgan fingerprint density at radius 3 is 2.55 bits per heavy atom. The number of rotatable bonds is 1. The van der Waals surface area contributed by atoms with Gasteiger partial charge in [0.1, 0.15) is 11.9 Å². The number of carbonyl (C=O) groups excluding carboxylic acids is 1. The molecule has 4 rings (SSSR count). The molecular weight excluding hydrogens is 282 g/mol. The summed E-state index contributed by atoms with van der Waals surface area (Å²) in [5.41, 5.74) is 0.932. The molecule has 1 atom stereocenters. The van der Waals surface area contributed by atoms with Crippen molar-refractivity contribution in [3.63, 3.8) is 0 Å². The highest BCUT2D eigenvalue weighted by molar-refractivity contribution is 5.95. The van der Waals surface area contributed by atoms with Crippen LogP contribution < -0.4 is 10.9 Å². The second-order valence-electron chi connectivity index (χ2n) is 5.10.